The molecule has 170 valence electrons. The molecule has 1 saturated heterocycles. The summed E-state index contributed by atoms with van der Waals surface area (Å²) in [4.78, 5) is 16.4. The van der Waals surface area contributed by atoms with Crippen molar-refractivity contribution >= 4 is 22.6 Å². The number of hydrogen-bond acceptors (Lipinski definition) is 3. The third-order valence-electron chi connectivity index (χ3n) is 5.72. The zero-order chi connectivity index (χ0) is 22.2. The Morgan fingerprint density at radius 2 is 1.81 bits per heavy atom. The molecule has 2 aromatic rings. The van der Waals surface area contributed by atoms with E-state index in [1.165, 1.54) is 11.1 Å². The average Bonchev–Trinajstić information content (AvgIpc) is 3.02. The number of ether oxygens (including phenoxy) is 1. The normalized spacial score (nSPS) is 23.0. The number of nitrogens with zero attached hydrogens (tertiary/aromatic N) is 1. The molecule has 1 aliphatic carbocycles. The smallest absolute Gasteiger partial charge is 0.375 e. The van der Waals surface area contributed by atoms with Crippen LogP contribution in [-0.2, 0) is 4.74 Å². The van der Waals surface area contributed by atoms with Crippen LogP contribution in [0.5, 0.6) is 0 Å². The van der Waals surface area contributed by atoms with E-state index < -0.39 is 30.4 Å². The summed E-state index contributed by atoms with van der Waals surface area (Å²) in [5.74, 6) is -1.98. The minimum Gasteiger partial charge on any atom is -0.375 e. The van der Waals surface area contributed by atoms with Gasteiger partial charge in [0.05, 0.1) is 30.0 Å². The molecular weight excluding hydrogens is 423 g/mol. The Labute approximate surface area is 175 Å². The van der Waals surface area contributed by atoms with Crippen LogP contribution in [0.2, 0.25) is 0 Å². The van der Waals surface area contributed by atoms with Gasteiger partial charge in [-0.05, 0) is 31.7 Å². The van der Waals surface area contributed by atoms with Crippen molar-refractivity contribution in [3.8, 4) is 0 Å². The van der Waals surface area contributed by atoms with Crippen LogP contribution < -0.4 is 10.6 Å². The highest BCUT2D eigenvalue weighted by Crippen LogP contribution is 2.29. The van der Waals surface area contributed by atoms with Crippen molar-refractivity contribution in [2.24, 2.45) is 0 Å². The zero-order valence-electron chi connectivity index (χ0n) is 16.6. The minimum absolute atomic E-state index is 0.0328. The number of H-pyrrole nitrogens is 1. The van der Waals surface area contributed by atoms with Crippen molar-refractivity contribution in [2.75, 3.05) is 25.0 Å². The number of piperidine rings is 1. The van der Waals surface area contributed by atoms with E-state index in [2.05, 4.69) is 15.6 Å². The van der Waals surface area contributed by atoms with Crippen LogP contribution in [0.25, 0.3) is 10.9 Å². The van der Waals surface area contributed by atoms with Gasteiger partial charge in [-0.1, -0.05) is 0 Å². The molecule has 0 radical (unpaired) electrons. The number of alkyl halides is 3. The number of benzene rings is 1. The SMILES string of the molecule is O=C(Nc1c[nH]c2cc(F)c(F)cc12)NC1CC(OC2CCN(CC(F)(F)F)CC2)C1. The third kappa shape index (κ3) is 5.45. The molecule has 1 aliphatic heterocycles. The summed E-state index contributed by atoms with van der Waals surface area (Å²) < 4.78 is 70.0. The Morgan fingerprint density at radius 1 is 1.13 bits per heavy atom. The Hall–Kier alpha value is -2.40. The maximum atomic E-state index is 13.5. The van der Waals surface area contributed by atoms with E-state index in [0.717, 1.165) is 12.1 Å². The first-order valence-corrected chi connectivity index (χ1v) is 10.1. The maximum Gasteiger partial charge on any atom is 0.401 e. The number of carbonyl (C=O) groups is 1. The molecule has 3 N–H and O–H groups in total. The molecule has 1 aromatic carbocycles. The fourth-order valence-electron chi connectivity index (χ4n) is 4.09. The summed E-state index contributed by atoms with van der Waals surface area (Å²) in [5, 5.41) is 5.78. The molecule has 11 heteroatoms. The molecule has 2 aliphatic rings. The fraction of sp³-hybridized carbons (Fsp3) is 0.550. The van der Waals surface area contributed by atoms with E-state index in [1.807, 2.05) is 0 Å². The number of likely N-dealkylation sites (tertiary alicyclic amines) is 1. The minimum atomic E-state index is -4.18. The van der Waals surface area contributed by atoms with Crippen LogP contribution in [0.3, 0.4) is 0 Å². The molecule has 0 bridgehead atoms. The van der Waals surface area contributed by atoms with Crippen LogP contribution in [0.15, 0.2) is 18.3 Å². The van der Waals surface area contributed by atoms with E-state index in [1.54, 1.807) is 0 Å². The quantitative estimate of drug-likeness (QED) is 0.605. The average molecular weight is 446 g/mol. The van der Waals surface area contributed by atoms with Gasteiger partial charge in [0, 0.05) is 36.8 Å². The molecule has 1 aromatic heterocycles. The van der Waals surface area contributed by atoms with E-state index >= 15 is 0 Å². The van der Waals surface area contributed by atoms with Crippen LogP contribution in [0.4, 0.5) is 32.4 Å². The fourth-order valence-corrected chi connectivity index (χ4v) is 4.09. The van der Waals surface area contributed by atoms with Gasteiger partial charge in [0.15, 0.2) is 11.6 Å². The second-order valence-corrected chi connectivity index (χ2v) is 8.13. The molecule has 0 atom stereocenters. The number of nitrogens with one attached hydrogen (secondary N) is 3. The number of urea groups is 1. The summed E-state index contributed by atoms with van der Waals surface area (Å²) >= 11 is 0. The van der Waals surface area contributed by atoms with Gasteiger partial charge in [-0.25, -0.2) is 13.6 Å². The third-order valence-corrected chi connectivity index (χ3v) is 5.72. The van der Waals surface area contributed by atoms with Gasteiger partial charge >= 0.3 is 12.2 Å². The maximum absolute atomic E-state index is 13.5. The van der Waals surface area contributed by atoms with Crippen LogP contribution in [0.1, 0.15) is 25.7 Å². The Bertz CT molecular complexity index is 934. The van der Waals surface area contributed by atoms with Crippen molar-refractivity contribution < 1.29 is 31.5 Å². The number of rotatable bonds is 5. The Kier molecular flexibility index (Phi) is 6.07. The number of amides is 2. The molecule has 6 nitrogen and oxygen atoms in total. The summed E-state index contributed by atoms with van der Waals surface area (Å²) in [5.41, 5.74) is 0.705. The lowest BCUT2D eigenvalue weighted by Gasteiger charge is -2.40. The highest BCUT2D eigenvalue weighted by molar-refractivity contribution is 6.01. The number of fused-ring (bicyclic) bond motifs is 1. The van der Waals surface area contributed by atoms with Gasteiger partial charge in [0.1, 0.15) is 0 Å². The van der Waals surface area contributed by atoms with Gasteiger partial charge in [-0.15, -0.1) is 0 Å². The lowest BCUT2D eigenvalue weighted by Crippen LogP contribution is -2.51. The van der Waals surface area contributed by atoms with E-state index in [4.69, 9.17) is 4.74 Å². The largest absolute Gasteiger partial charge is 0.401 e. The number of aromatic amines is 1. The molecule has 2 fully saturated rings. The predicted molar refractivity (Wildman–Crippen MR) is 104 cm³/mol. The van der Waals surface area contributed by atoms with Crippen LogP contribution in [-0.4, -0.2) is 60.0 Å². The summed E-state index contributed by atoms with van der Waals surface area (Å²) in [6, 6.07) is 1.49. The number of halogens is 5. The molecule has 0 unspecified atom stereocenters. The molecule has 1 saturated carbocycles. The van der Waals surface area contributed by atoms with Gasteiger partial charge in [-0.2, -0.15) is 13.2 Å². The Morgan fingerprint density at radius 3 is 2.48 bits per heavy atom. The first-order valence-electron chi connectivity index (χ1n) is 10.1. The number of carbonyl (C=O) groups excluding carboxylic acids is 1. The van der Waals surface area contributed by atoms with Crippen molar-refractivity contribution in [2.45, 2.75) is 50.1 Å². The van der Waals surface area contributed by atoms with Crippen molar-refractivity contribution in [3.63, 3.8) is 0 Å². The Balaban J connectivity index is 1.18. The molecule has 31 heavy (non-hydrogen) atoms. The lowest BCUT2D eigenvalue weighted by molar-refractivity contribution is -0.154. The molecule has 0 spiro atoms. The standard InChI is InChI=1S/C20H23F5N4O2/c21-15-7-14-17(8-16(15)22)26-9-18(14)28-19(30)27-11-5-13(6-11)31-12-1-3-29(4-2-12)10-20(23,24)25/h7-9,11-13,26H,1-6,10H2,(H2,27,28,30). The molecule has 4 rings (SSSR count). The van der Waals surface area contributed by atoms with Crippen molar-refractivity contribution in [1.29, 1.82) is 0 Å². The van der Waals surface area contributed by atoms with Crippen LogP contribution >= 0.6 is 0 Å². The highest BCUT2D eigenvalue weighted by atomic mass is 19.4. The zero-order valence-corrected chi connectivity index (χ0v) is 16.6. The summed E-state index contributed by atoms with van der Waals surface area (Å²) in [6.07, 6.45) is -0.473. The van der Waals surface area contributed by atoms with Crippen molar-refractivity contribution in [3.05, 3.63) is 30.0 Å². The van der Waals surface area contributed by atoms with Crippen LogP contribution in [0, 0.1) is 11.6 Å². The van der Waals surface area contributed by atoms with Gasteiger partial charge < -0.3 is 20.4 Å². The van der Waals surface area contributed by atoms with E-state index in [0.29, 0.717) is 55.4 Å². The summed E-state index contributed by atoms with van der Waals surface area (Å²) in [6.45, 7) is -0.172. The lowest BCUT2D eigenvalue weighted by atomic mass is 9.89. The van der Waals surface area contributed by atoms with Gasteiger partial charge in [0.25, 0.3) is 0 Å². The first-order chi connectivity index (χ1) is 14.7. The predicted octanol–water partition coefficient (Wildman–Crippen LogP) is 4.14. The second-order valence-electron chi connectivity index (χ2n) is 8.13. The van der Waals surface area contributed by atoms with Crippen molar-refractivity contribution in [1.82, 2.24) is 15.2 Å². The van der Waals surface area contributed by atoms with Gasteiger partial charge in [-0.3, -0.25) is 4.90 Å². The van der Waals surface area contributed by atoms with E-state index in [9.17, 15) is 26.7 Å². The van der Waals surface area contributed by atoms with Gasteiger partial charge in [0.2, 0.25) is 0 Å². The number of aromatic nitrogens is 1. The monoisotopic (exact) mass is 446 g/mol. The van der Waals surface area contributed by atoms with E-state index in [-0.39, 0.29) is 18.2 Å². The highest BCUT2D eigenvalue weighted by Gasteiger charge is 2.36. The number of hydrogen-bond donors (Lipinski definition) is 3. The summed E-state index contributed by atoms with van der Waals surface area (Å²) in [7, 11) is 0. The topological polar surface area (TPSA) is 69.4 Å². The first kappa shape index (κ1) is 21.8. The molecule has 2 heterocycles. The second kappa shape index (κ2) is 8.62. The molecular formula is C20H23F5N4O2. The number of anilines is 1. The molecule has 2 amide bonds.